The highest BCUT2D eigenvalue weighted by Crippen LogP contribution is 2.30. The number of hydrogen-bond acceptors (Lipinski definition) is 6. The number of fused-ring (bicyclic) bond motifs is 2. The third-order valence-corrected chi connectivity index (χ3v) is 8.53. The van der Waals surface area contributed by atoms with Gasteiger partial charge < -0.3 is 5.32 Å². The molecule has 0 saturated heterocycles. The first-order chi connectivity index (χ1) is 16.6. The van der Waals surface area contributed by atoms with Crippen molar-refractivity contribution in [2.45, 2.75) is 64.5 Å². The molecule has 7 heteroatoms. The molecule has 3 aromatic rings. The maximum Gasteiger partial charge on any atom is 0.252 e. The maximum atomic E-state index is 12.9. The maximum absolute atomic E-state index is 12.9. The van der Waals surface area contributed by atoms with Gasteiger partial charge in [-0.3, -0.25) is 19.5 Å². The Hall–Kier alpha value is -2.64. The fourth-order valence-corrected chi connectivity index (χ4v) is 6.31. The molecule has 0 atom stereocenters. The van der Waals surface area contributed by atoms with Crippen molar-refractivity contribution < 1.29 is 9.59 Å². The largest absolute Gasteiger partial charge is 0.349 e. The van der Waals surface area contributed by atoms with Crippen molar-refractivity contribution in [3.05, 3.63) is 57.7 Å². The Morgan fingerprint density at radius 2 is 2.00 bits per heavy atom. The van der Waals surface area contributed by atoms with Gasteiger partial charge in [0.05, 0.1) is 11.2 Å². The summed E-state index contributed by atoms with van der Waals surface area (Å²) < 4.78 is 0. The van der Waals surface area contributed by atoms with Gasteiger partial charge in [-0.05, 0) is 75.6 Å². The number of carbonyl (C=O) groups excluding carboxylic acids is 2. The number of rotatable bonds is 7. The zero-order chi connectivity index (χ0) is 23.5. The Labute approximate surface area is 204 Å². The van der Waals surface area contributed by atoms with Crippen LogP contribution in [0.5, 0.6) is 0 Å². The molecule has 0 unspecified atom stereocenters. The van der Waals surface area contributed by atoms with E-state index >= 15 is 0 Å². The van der Waals surface area contributed by atoms with Crippen molar-refractivity contribution >= 4 is 33.9 Å². The molecule has 2 aliphatic rings. The molecule has 1 aromatic carbocycles. The lowest BCUT2D eigenvalue weighted by atomic mass is 9.83. The molecule has 178 valence electrons. The highest BCUT2D eigenvalue weighted by molar-refractivity contribution is 7.13. The molecule has 1 fully saturated rings. The van der Waals surface area contributed by atoms with E-state index in [0.29, 0.717) is 10.6 Å². The van der Waals surface area contributed by atoms with Gasteiger partial charge in [0.25, 0.3) is 5.91 Å². The second-order valence-corrected chi connectivity index (χ2v) is 10.8. The second kappa shape index (κ2) is 10.3. The summed E-state index contributed by atoms with van der Waals surface area (Å²) in [4.78, 5) is 37.2. The zero-order valence-corrected chi connectivity index (χ0v) is 20.6. The van der Waals surface area contributed by atoms with Crippen LogP contribution in [0, 0.1) is 5.92 Å². The van der Waals surface area contributed by atoms with E-state index in [4.69, 9.17) is 0 Å². The van der Waals surface area contributed by atoms with E-state index in [1.807, 2.05) is 30.3 Å². The number of amides is 1. The fourth-order valence-electron chi connectivity index (χ4n) is 5.36. The van der Waals surface area contributed by atoms with Crippen molar-refractivity contribution in [2.24, 2.45) is 5.92 Å². The van der Waals surface area contributed by atoms with Crippen LogP contribution in [0.25, 0.3) is 10.9 Å². The van der Waals surface area contributed by atoms with Gasteiger partial charge in [0, 0.05) is 48.1 Å². The molecular formula is C27H32N4O2S. The Morgan fingerprint density at radius 1 is 1.15 bits per heavy atom. The zero-order valence-electron chi connectivity index (χ0n) is 19.8. The predicted octanol–water partition coefficient (Wildman–Crippen LogP) is 5.02. The second-order valence-electron chi connectivity index (χ2n) is 9.68. The minimum Gasteiger partial charge on any atom is -0.349 e. The summed E-state index contributed by atoms with van der Waals surface area (Å²) in [6.07, 6.45) is 9.69. The molecule has 2 aromatic heterocycles. The van der Waals surface area contributed by atoms with E-state index in [1.54, 1.807) is 24.5 Å². The van der Waals surface area contributed by atoms with Gasteiger partial charge >= 0.3 is 0 Å². The first-order valence-electron chi connectivity index (χ1n) is 12.4. The molecule has 3 heterocycles. The molecule has 0 radical (unpaired) electrons. The molecule has 1 aliphatic carbocycles. The number of hydrogen-bond donors (Lipinski definition) is 1. The molecule has 1 saturated carbocycles. The summed E-state index contributed by atoms with van der Waals surface area (Å²) in [7, 11) is 0. The lowest BCUT2D eigenvalue weighted by molar-refractivity contribution is 0.0921. The van der Waals surface area contributed by atoms with Crippen LogP contribution in [0.4, 0.5) is 0 Å². The van der Waals surface area contributed by atoms with Crippen molar-refractivity contribution in [1.82, 2.24) is 20.2 Å². The summed E-state index contributed by atoms with van der Waals surface area (Å²) in [5.74, 6) is 0.840. The lowest BCUT2D eigenvalue weighted by Gasteiger charge is -2.30. The monoisotopic (exact) mass is 476 g/mol. The molecule has 5 rings (SSSR count). The number of benzene rings is 1. The smallest absolute Gasteiger partial charge is 0.252 e. The summed E-state index contributed by atoms with van der Waals surface area (Å²) in [6, 6.07) is 9.85. The third-order valence-electron chi connectivity index (χ3n) is 7.27. The molecule has 1 amide bonds. The number of nitrogens with one attached hydrogen (secondary N) is 1. The summed E-state index contributed by atoms with van der Waals surface area (Å²) in [5, 5.41) is 4.84. The van der Waals surface area contributed by atoms with Crippen molar-refractivity contribution in [1.29, 1.82) is 0 Å². The molecule has 1 N–H and O–H groups in total. The number of Topliss-reactive ketones (excluding diaryl/α,β-unsaturated/α-hetero) is 1. The van der Waals surface area contributed by atoms with Crippen molar-refractivity contribution in [3.63, 3.8) is 0 Å². The van der Waals surface area contributed by atoms with E-state index < -0.39 is 0 Å². The van der Waals surface area contributed by atoms with Gasteiger partial charge in [-0.15, -0.1) is 11.3 Å². The number of ketones is 1. The van der Waals surface area contributed by atoms with Gasteiger partial charge in [0.2, 0.25) is 0 Å². The van der Waals surface area contributed by atoms with Gasteiger partial charge in [0.15, 0.2) is 10.8 Å². The number of pyridine rings is 1. The first-order valence-corrected chi connectivity index (χ1v) is 13.2. The Morgan fingerprint density at radius 3 is 2.82 bits per heavy atom. The molecule has 6 nitrogen and oxygen atoms in total. The molecule has 34 heavy (non-hydrogen) atoms. The summed E-state index contributed by atoms with van der Waals surface area (Å²) in [5.41, 5.74) is 2.69. The lowest BCUT2D eigenvalue weighted by Crippen LogP contribution is -2.38. The average molecular weight is 477 g/mol. The molecular weight excluding hydrogens is 444 g/mol. The summed E-state index contributed by atoms with van der Waals surface area (Å²) >= 11 is 1.57. The van der Waals surface area contributed by atoms with Crippen LogP contribution in [-0.2, 0) is 13.0 Å². The number of thiazole rings is 1. The van der Waals surface area contributed by atoms with E-state index in [1.165, 1.54) is 30.6 Å². The Balaban J connectivity index is 1.05. The van der Waals surface area contributed by atoms with Crippen LogP contribution in [0.1, 0.15) is 76.2 Å². The minimum absolute atomic E-state index is 0.0153. The Kier molecular flexibility index (Phi) is 7.02. The standard InChI is InChI=1S/C27H32N4O2S/c1-18(32)27-30-24-17-31(16-13-25(24)34-27)15-4-5-19-9-11-20(12-10-19)29-26(33)22-6-2-8-23-21(22)7-3-14-28-23/h2-3,6-8,14,19-20H,4-5,9-13,15-17H2,1H3,(H,29,33). The van der Waals surface area contributed by atoms with Crippen LogP contribution < -0.4 is 5.32 Å². The van der Waals surface area contributed by atoms with Crippen LogP contribution in [-0.4, -0.2) is 45.7 Å². The van der Waals surface area contributed by atoms with E-state index in [0.717, 1.165) is 61.4 Å². The number of aromatic nitrogens is 2. The molecule has 0 bridgehead atoms. The SMILES string of the molecule is CC(=O)c1nc2c(s1)CCN(CCCC1CCC(NC(=O)c3cccc4ncccc34)CC1)C2. The van der Waals surface area contributed by atoms with E-state index in [-0.39, 0.29) is 17.7 Å². The number of nitrogens with zero attached hydrogens (tertiary/aromatic N) is 3. The van der Waals surface area contributed by atoms with Crippen molar-refractivity contribution in [2.75, 3.05) is 13.1 Å². The van der Waals surface area contributed by atoms with Crippen LogP contribution in [0.2, 0.25) is 0 Å². The average Bonchev–Trinajstić information content (AvgIpc) is 3.29. The van der Waals surface area contributed by atoms with Gasteiger partial charge in [-0.1, -0.05) is 12.1 Å². The topological polar surface area (TPSA) is 75.2 Å². The van der Waals surface area contributed by atoms with Crippen LogP contribution in [0.3, 0.4) is 0 Å². The predicted molar refractivity (Wildman–Crippen MR) is 135 cm³/mol. The quantitative estimate of drug-likeness (QED) is 0.485. The third kappa shape index (κ3) is 5.20. The molecule has 1 aliphatic heterocycles. The van der Waals surface area contributed by atoms with Gasteiger partial charge in [0.1, 0.15) is 0 Å². The first kappa shape index (κ1) is 23.1. The number of carbonyl (C=O) groups is 2. The Bertz CT molecular complexity index is 1180. The molecule has 0 spiro atoms. The van der Waals surface area contributed by atoms with Crippen molar-refractivity contribution in [3.8, 4) is 0 Å². The normalized spacial score (nSPS) is 20.7. The van der Waals surface area contributed by atoms with Gasteiger partial charge in [-0.2, -0.15) is 0 Å². The fraction of sp³-hybridized carbons (Fsp3) is 0.481. The van der Waals surface area contributed by atoms with E-state index in [9.17, 15) is 9.59 Å². The van der Waals surface area contributed by atoms with Crippen LogP contribution in [0.15, 0.2) is 36.5 Å². The van der Waals surface area contributed by atoms with Crippen LogP contribution >= 0.6 is 11.3 Å². The summed E-state index contributed by atoms with van der Waals surface area (Å²) in [6.45, 7) is 4.64. The van der Waals surface area contributed by atoms with E-state index in [2.05, 4.69) is 20.2 Å². The minimum atomic E-state index is 0.0153. The van der Waals surface area contributed by atoms with Gasteiger partial charge in [-0.25, -0.2) is 4.98 Å². The highest BCUT2D eigenvalue weighted by atomic mass is 32.1. The highest BCUT2D eigenvalue weighted by Gasteiger charge is 2.25.